The van der Waals surface area contributed by atoms with E-state index >= 15 is 0 Å². The molecule has 0 bridgehead atoms. The normalized spacial score (nSPS) is 15.0. The Morgan fingerprint density at radius 3 is 2.48 bits per heavy atom. The van der Waals surface area contributed by atoms with Gasteiger partial charge < -0.3 is 10.1 Å². The molecule has 1 saturated heterocycles. The van der Waals surface area contributed by atoms with E-state index in [4.69, 9.17) is 4.74 Å². The molecule has 1 N–H and O–H groups in total. The molecule has 2 heterocycles. The highest BCUT2D eigenvalue weighted by atomic mass is 16.5. The van der Waals surface area contributed by atoms with Gasteiger partial charge in [-0.25, -0.2) is 4.68 Å². The average molecular weight is 363 g/mol. The fourth-order valence-corrected chi connectivity index (χ4v) is 3.53. The largest absolute Gasteiger partial charge is 0.492 e. The first-order valence-electron chi connectivity index (χ1n) is 9.61. The molecule has 0 saturated carbocycles. The van der Waals surface area contributed by atoms with Crippen LogP contribution in [0.2, 0.25) is 0 Å². The minimum Gasteiger partial charge on any atom is -0.492 e. The molecule has 3 aromatic rings. The van der Waals surface area contributed by atoms with Crippen molar-refractivity contribution in [2.24, 2.45) is 0 Å². The Morgan fingerprint density at radius 1 is 0.963 bits per heavy atom. The van der Waals surface area contributed by atoms with E-state index in [1.807, 2.05) is 22.9 Å². The van der Waals surface area contributed by atoms with Crippen molar-refractivity contribution in [2.75, 3.05) is 19.7 Å². The monoisotopic (exact) mass is 363 g/mol. The van der Waals surface area contributed by atoms with Crippen LogP contribution >= 0.6 is 0 Å². The maximum absolute atomic E-state index is 5.90. The SMILES string of the molecule is c1ccc(Cc2ccc(OCCn3nnnc3C3CCNCC3)cc2)cc1. The molecule has 1 aromatic heterocycles. The zero-order valence-electron chi connectivity index (χ0n) is 15.4. The van der Waals surface area contributed by atoms with Gasteiger partial charge in [-0.1, -0.05) is 42.5 Å². The highest BCUT2D eigenvalue weighted by Gasteiger charge is 2.21. The van der Waals surface area contributed by atoms with Crippen LogP contribution in [0.1, 0.15) is 35.7 Å². The Bertz CT molecular complexity index is 825. The molecule has 1 aliphatic heterocycles. The lowest BCUT2D eigenvalue weighted by Crippen LogP contribution is -2.28. The van der Waals surface area contributed by atoms with Gasteiger partial charge in [-0.15, -0.1) is 5.10 Å². The molecule has 6 heteroatoms. The molecule has 4 rings (SSSR count). The second-order valence-electron chi connectivity index (χ2n) is 6.94. The summed E-state index contributed by atoms with van der Waals surface area (Å²) in [7, 11) is 0. The van der Waals surface area contributed by atoms with E-state index in [0.717, 1.165) is 43.9 Å². The van der Waals surface area contributed by atoms with Gasteiger partial charge in [0.05, 0.1) is 6.54 Å². The summed E-state index contributed by atoms with van der Waals surface area (Å²) in [5.41, 5.74) is 2.59. The van der Waals surface area contributed by atoms with E-state index in [9.17, 15) is 0 Å². The lowest BCUT2D eigenvalue weighted by molar-refractivity contribution is 0.283. The van der Waals surface area contributed by atoms with Crippen LogP contribution in [0.25, 0.3) is 0 Å². The lowest BCUT2D eigenvalue weighted by atomic mass is 9.97. The predicted molar refractivity (Wildman–Crippen MR) is 104 cm³/mol. The fraction of sp³-hybridized carbons (Fsp3) is 0.381. The van der Waals surface area contributed by atoms with Crippen LogP contribution in [0, 0.1) is 0 Å². The Morgan fingerprint density at radius 2 is 1.70 bits per heavy atom. The molecule has 0 aliphatic carbocycles. The molecule has 1 aliphatic rings. The molecular weight excluding hydrogens is 338 g/mol. The number of benzene rings is 2. The van der Waals surface area contributed by atoms with Crippen LogP contribution in [-0.2, 0) is 13.0 Å². The molecule has 2 aromatic carbocycles. The third-order valence-electron chi connectivity index (χ3n) is 5.01. The van der Waals surface area contributed by atoms with E-state index in [2.05, 4.69) is 57.2 Å². The highest BCUT2D eigenvalue weighted by molar-refractivity contribution is 5.31. The number of nitrogens with zero attached hydrogens (tertiary/aromatic N) is 4. The summed E-state index contributed by atoms with van der Waals surface area (Å²) < 4.78 is 7.79. The average Bonchev–Trinajstić information content (AvgIpc) is 3.19. The minimum absolute atomic E-state index is 0.443. The maximum Gasteiger partial charge on any atom is 0.154 e. The van der Waals surface area contributed by atoms with Gasteiger partial charge in [-0.3, -0.25) is 0 Å². The number of tetrazole rings is 1. The van der Waals surface area contributed by atoms with Crippen LogP contribution < -0.4 is 10.1 Å². The summed E-state index contributed by atoms with van der Waals surface area (Å²) in [5, 5.41) is 15.6. The third-order valence-corrected chi connectivity index (χ3v) is 5.01. The zero-order chi connectivity index (χ0) is 18.3. The second-order valence-corrected chi connectivity index (χ2v) is 6.94. The van der Waals surface area contributed by atoms with Crippen molar-refractivity contribution < 1.29 is 4.74 Å². The van der Waals surface area contributed by atoms with E-state index in [1.54, 1.807) is 0 Å². The summed E-state index contributed by atoms with van der Waals surface area (Å²) in [6.07, 6.45) is 3.11. The van der Waals surface area contributed by atoms with Crippen LogP contribution in [0.3, 0.4) is 0 Å². The second kappa shape index (κ2) is 8.77. The Labute approximate surface area is 159 Å². The number of hydrogen-bond donors (Lipinski definition) is 1. The van der Waals surface area contributed by atoms with E-state index in [1.165, 1.54) is 11.1 Å². The van der Waals surface area contributed by atoms with Gasteiger partial charge in [0.15, 0.2) is 5.82 Å². The Kier molecular flexibility index (Phi) is 5.74. The van der Waals surface area contributed by atoms with Crippen LogP contribution in [0.4, 0.5) is 0 Å². The topological polar surface area (TPSA) is 64.9 Å². The molecule has 0 atom stereocenters. The summed E-state index contributed by atoms with van der Waals surface area (Å²) in [6, 6.07) is 18.8. The first-order chi connectivity index (χ1) is 13.4. The Balaban J connectivity index is 1.29. The smallest absolute Gasteiger partial charge is 0.154 e. The van der Waals surface area contributed by atoms with Gasteiger partial charge in [0, 0.05) is 5.92 Å². The van der Waals surface area contributed by atoms with E-state index < -0.39 is 0 Å². The van der Waals surface area contributed by atoms with Gasteiger partial charge in [-0.2, -0.15) is 0 Å². The summed E-state index contributed by atoms with van der Waals surface area (Å²) in [4.78, 5) is 0. The predicted octanol–water partition coefficient (Wildman–Crippen LogP) is 2.81. The number of rotatable bonds is 7. The van der Waals surface area contributed by atoms with Gasteiger partial charge in [0.25, 0.3) is 0 Å². The number of aromatic nitrogens is 4. The summed E-state index contributed by atoms with van der Waals surface area (Å²) >= 11 is 0. The number of piperidine rings is 1. The first-order valence-corrected chi connectivity index (χ1v) is 9.61. The molecule has 0 amide bonds. The Hall–Kier alpha value is -2.73. The summed E-state index contributed by atoms with van der Waals surface area (Å²) in [5.74, 6) is 2.31. The van der Waals surface area contributed by atoms with Gasteiger partial charge in [0.2, 0.25) is 0 Å². The minimum atomic E-state index is 0.443. The number of ether oxygens (including phenoxy) is 1. The zero-order valence-corrected chi connectivity index (χ0v) is 15.4. The number of hydrogen-bond acceptors (Lipinski definition) is 5. The van der Waals surface area contributed by atoms with Crippen molar-refractivity contribution in [3.8, 4) is 5.75 Å². The molecular formula is C21H25N5O. The lowest BCUT2D eigenvalue weighted by Gasteiger charge is -2.21. The van der Waals surface area contributed by atoms with Gasteiger partial charge in [0.1, 0.15) is 12.4 Å². The fourth-order valence-electron chi connectivity index (χ4n) is 3.53. The van der Waals surface area contributed by atoms with Crippen LogP contribution in [-0.4, -0.2) is 39.9 Å². The van der Waals surface area contributed by atoms with Crippen molar-refractivity contribution in [2.45, 2.75) is 31.7 Å². The molecule has 1 fully saturated rings. The standard InChI is InChI=1S/C21H25N5O/c1-2-4-17(5-3-1)16-18-6-8-20(9-7-18)27-15-14-26-21(23-24-25-26)19-10-12-22-13-11-19/h1-9,19,22H,10-16H2. The van der Waals surface area contributed by atoms with Crippen molar-refractivity contribution in [1.29, 1.82) is 0 Å². The van der Waals surface area contributed by atoms with Crippen molar-refractivity contribution in [3.63, 3.8) is 0 Å². The molecule has 0 radical (unpaired) electrons. The molecule has 140 valence electrons. The van der Waals surface area contributed by atoms with Crippen molar-refractivity contribution in [3.05, 3.63) is 71.5 Å². The first kappa shape index (κ1) is 17.7. The highest BCUT2D eigenvalue weighted by Crippen LogP contribution is 2.22. The van der Waals surface area contributed by atoms with Crippen LogP contribution in [0.5, 0.6) is 5.75 Å². The van der Waals surface area contributed by atoms with Gasteiger partial charge >= 0.3 is 0 Å². The third kappa shape index (κ3) is 4.71. The summed E-state index contributed by atoms with van der Waals surface area (Å²) in [6.45, 7) is 3.28. The molecule has 27 heavy (non-hydrogen) atoms. The molecule has 0 unspecified atom stereocenters. The van der Waals surface area contributed by atoms with Crippen molar-refractivity contribution >= 4 is 0 Å². The quantitative estimate of drug-likeness (QED) is 0.699. The maximum atomic E-state index is 5.90. The number of nitrogens with one attached hydrogen (secondary N) is 1. The van der Waals surface area contributed by atoms with E-state index in [0.29, 0.717) is 19.1 Å². The molecule has 0 spiro atoms. The molecule has 6 nitrogen and oxygen atoms in total. The van der Waals surface area contributed by atoms with Crippen molar-refractivity contribution in [1.82, 2.24) is 25.5 Å². The van der Waals surface area contributed by atoms with E-state index in [-0.39, 0.29) is 0 Å². The van der Waals surface area contributed by atoms with Crippen LogP contribution in [0.15, 0.2) is 54.6 Å². The van der Waals surface area contributed by atoms with Gasteiger partial charge in [-0.05, 0) is 66.0 Å².